The Bertz CT molecular complexity index is 753. The van der Waals surface area contributed by atoms with Crippen molar-refractivity contribution in [3.63, 3.8) is 0 Å². The molecule has 1 amide bonds. The number of nitrogens with zero attached hydrogens (tertiary/aromatic N) is 4. The summed E-state index contributed by atoms with van der Waals surface area (Å²) in [7, 11) is 0. The molecule has 0 aromatic carbocycles. The smallest absolute Gasteiger partial charge is 0.249 e. The van der Waals surface area contributed by atoms with E-state index in [1.54, 1.807) is 22.7 Å². The molecule has 8 heteroatoms. The van der Waals surface area contributed by atoms with Gasteiger partial charge in [0.25, 0.3) is 0 Å². The van der Waals surface area contributed by atoms with Gasteiger partial charge in [0.1, 0.15) is 11.6 Å². The second-order valence-electron chi connectivity index (χ2n) is 7.11. The summed E-state index contributed by atoms with van der Waals surface area (Å²) in [4.78, 5) is 25.8. The average Bonchev–Trinajstić information content (AvgIpc) is 3.29. The molecule has 2 aliphatic heterocycles. The van der Waals surface area contributed by atoms with Crippen LogP contribution >= 0.6 is 22.7 Å². The predicted octanol–water partition coefficient (Wildman–Crippen LogP) is 2.69. The Kier molecular flexibility index (Phi) is 5.09. The number of hydrogen-bond acceptors (Lipinski definition) is 7. The van der Waals surface area contributed by atoms with Crippen LogP contribution < -0.4 is 0 Å². The predicted molar refractivity (Wildman–Crippen MR) is 102 cm³/mol. The number of aryl methyl sites for hydroxylation is 1. The van der Waals surface area contributed by atoms with E-state index in [1.807, 2.05) is 28.8 Å². The minimum Gasteiger partial charge on any atom is -0.363 e. The van der Waals surface area contributed by atoms with Crippen LogP contribution in [0.15, 0.2) is 17.0 Å². The lowest BCUT2D eigenvalue weighted by Gasteiger charge is -2.51. The van der Waals surface area contributed by atoms with E-state index in [1.165, 1.54) is 0 Å². The molecule has 26 heavy (non-hydrogen) atoms. The third-order valence-electron chi connectivity index (χ3n) is 5.58. The van der Waals surface area contributed by atoms with E-state index in [2.05, 4.69) is 21.8 Å². The molecular formula is C18H24N4O2S2. The molecule has 2 fully saturated rings. The number of piperidine rings is 1. The maximum Gasteiger partial charge on any atom is 0.249 e. The van der Waals surface area contributed by atoms with Crippen molar-refractivity contribution in [2.45, 2.75) is 51.4 Å². The average molecular weight is 393 g/mol. The molecule has 1 atom stereocenters. The van der Waals surface area contributed by atoms with Gasteiger partial charge < -0.3 is 9.64 Å². The van der Waals surface area contributed by atoms with E-state index in [9.17, 15) is 4.79 Å². The molecule has 0 unspecified atom stereocenters. The number of morpholine rings is 1. The van der Waals surface area contributed by atoms with Gasteiger partial charge in [-0.05, 0) is 26.7 Å². The van der Waals surface area contributed by atoms with Crippen molar-refractivity contribution < 1.29 is 9.53 Å². The lowest BCUT2D eigenvalue weighted by atomic mass is 9.82. The van der Waals surface area contributed by atoms with Crippen LogP contribution in [-0.2, 0) is 22.6 Å². The molecule has 1 spiro atoms. The molecule has 2 saturated heterocycles. The van der Waals surface area contributed by atoms with Crippen LogP contribution in [0.3, 0.4) is 0 Å². The van der Waals surface area contributed by atoms with Crippen LogP contribution in [0, 0.1) is 6.92 Å². The molecule has 2 aromatic rings. The number of thiazole rings is 2. The van der Waals surface area contributed by atoms with Crippen LogP contribution in [0.1, 0.15) is 35.5 Å². The standard InChI is InChI=1S/C18H24N4O2S2/c1-13-18(3-6-21(7-4-18)10-16-19-5-8-25-16)24-11-17(23)22(13)9-15-12-26-14(2)20-15/h5,8,12-13H,3-4,6-7,9-11H2,1-2H3/t13-/m1/s1. The SMILES string of the molecule is Cc1nc(CN2C(=O)COC3(CCN(Cc4nccs4)CC3)[C@H]2C)cs1. The quantitative estimate of drug-likeness (QED) is 0.801. The first-order valence-corrected chi connectivity index (χ1v) is 10.8. The number of hydrogen-bond donors (Lipinski definition) is 0. The van der Waals surface area contributed by atoms with E-state index in [0.717, 1.165) is 48.2 Å². The molecule has 0 N–H and O–H groups in total. The maximum atomic E-state index is 12.5. The highest BCUT2D eigenvalue weighted by atomic mass is 32.1. The van der Waals surface area contributed by atoms with E-state index in [0.29, 0.717) is 6.54 Å². The third kappa shape index (κ3) is 3.55. The minimum atomic E-state index is -0.238. The monoisotopic (exact) mass is 392 g/mol. The van der Waals surface area contributed by atoms with Crippen molar-refractivity contribution in [3.05, 3.63) is 32.7 Å². The zero-order valence-corrected chi connectivity index (χ0v) is 16.8. The molecule has 0 bridgehead atoms. The summed E-state index contributed by atoms with van der Waals surface area (Å²) >= 11 is 3.34. The summed E-state index contributed by atoms with van der Waals surface area (Å²) in [5, 5.41) is 6.28. The van der Waals surface area contributed by atoms with Gasteiger partial charge in [0, 0.05) is 30.0 Å². The van der Waals surface area contributed by atoms with Gasteiger partial charge in [0.05, 0.1) is 35.4 Å². The number of rotatable bonds is 4. The zero-order valence-electron chi connectivity index (χ0n) is 15.2. The topological polar surface area (TPSA) is 58.6 Å². The number of likely N-dealkylation sites (tertiary alicyclic amines) is 1. The number of carbonyl (C=O) groups is 1. The lowest BCUT2D eigenvalue weighted by Crippen LogP contribution is -2.63. The van der Waals surface area contributed by atoms with Gasteiger partial charge in [-0.2, -0.15) is 0 Å². The van der Waals surface area contributed by atoms with E-state index < -0.39 is 0 Å². The van der Waals surface area contributed by atoms with Gasteiger partial charge in [-0.15, -0.1) is 22.7 Å². The summed E-state index contributed by atoms with van der Waals surface area (Å²) in [5.74, 6) is 0.0685. The molecule has 0 radical (unpaired) electrons. The Morgan fingerprint density at radius 3 is 2.77 bits per heavy atom. The Labute approximate surface area is 161 Å². The Morgan fingerprint density at radius 1 is 1.31 bits per heavy atom. The number of amides is 1. The second kappa shape index (κ2) is 7.34. The lowest BCUT2D eigenvalue weighted by molar-refractivity contribution is -0.188. The van der Waals surface area contributed by atoms with Gasteiger partial charge in [-0.25, -0.2) is 9.97 Å². The van der Waals surface area contributed by atoms with Gasteiger partial charge >= 0.3 is 0 Å². The molecule has 6 nitrogen and oxygen atoms in total. The summed E-state index contributed by atoms with van der Waals surface area (Å²) < 4.78 is 6.14. The fraction of sp³-hybridized carbons (Fsp3) is 0.611. The molecule has 0 aliphatic carbocycles. The van der Waals surface area contributed by atoms with E-state index in [-0.39, 0.29) is 24.2 Å². The molecule has 0 saturated carbocycles. The molecule has 4 heterocycles. The van der Waals surface area contributed by atoms with Gasteiger partial charge in [0.15, 0.2) is 0 Å². The highest BCUT2D eigenvalue weighted by Gasteiger charge is 2.48. The second-order valence-corrected chi connectivity index (χ2v) is 9.15. The third-order valence-corrected chi connectivity index (χ3v) is 7.16. The first kappa shape index (κ1) is 18.0. The van der Waals surface area contributed by atoms with Crippen molar-refractivity contribution >= 4 is 28.6 Å². The number of carbonyl (C=O) groups excluding carboxylic acids is 1. The van der Waals surface area contributed by atoms with Crippen molar-refractivity contribution in [2.75, 3.05) is 19.7 Å². The van der Waals surface area contributed by atoms with Crippen LogP contribution in [0.2, 0.25) is 0 Å². The first-order valence-electron chi connectivity index (χ1n) is 9.01. The molecule has 2 aliphatic rings. The molecule has 2 aromatic heterocycles. The number of ether oxygens (including phenoxy) is 1. The molecule has 4 rings (SSSR count). The highest BCUT2D eigenvalue weighted by molar-refractivity contribution is 7.09. The van der Waals surface area contributed by atoms with E-state index >= 15 is 0 Å². The van der Waals surface area contributed by atoms with Crippen molar-refractivity contribution in [3.8, 4) is 0 Å². The Balaban J connectivity index is 1.42. The fourth-order valence-electron chi connectivity index (χ4n) is 3.96. The first-order chi connectivity index (χ1) is 12.6. The highest BCUT2D eigenvalue weighted by Crippen LogP contribution is 2.36. The Morgan fingerprint density at radius 2 is 2.12 bits per heavy atom. The fourth-order valence-corrected chi connectivity index (χ4v) is 5.22. The van der Waals surface area contributed by atoms with Crippen LogP contribution in [-0.4, -0.2) is 57.0 Å². The molecule has 140 valence electrons. The summed E-state index contributed by atoms with van der Waals surface area (Å²) in [5.41, 5.74) is 0.740. The summed E-state index contributed by atoms with van der Waals surface area (Å²) in [6.07, 6.45) is 3.75. The van der Waals surface area contributed by atoms with Crippen LogP contribution in [0.5, 0.6) is 0 Å². The Hall–Kier alpha value is -1.35. The van der Waals surface area contributed by atoms with Gasteiger partial charge in [0.2, 0.25) is 5.91 Å². The number of aromatic nitrogens is 2. The van der Waals surface area contributed by atoms with Gasteiger partial charge in [-0.3, -0.25) is 9.69 Å². The molecular weight excluding hydrogens is 368 g/mol. The summed E-state index contributed by atoms with van der Waals surface area (Å²) in [6, 6.07) is 0.0627. The maximum absolute atomic E-state index is 12.5. The zero-order chi connectivity index (χ0) is 18.1. The van der Waals surface area contributed by atoms with Gasteiger partial charge in [-0.1, -0.05) is 0 Å². The normalized spacial score (nSPS) is 23.7. The van der Waals surface area contributed by atoms with Crippen LogP contribution in [0.4, 0.5) is 0 Å². The van der Waals surface area contributed by atoms with Crippen LogP contribution in [0.25, 0.3) is 0 Å². The van der Waals surface area contributed by atoms with Crippen molar-refractivity contribution in [1.82, 2.24) is 19.8 Å². The van der Waals surface area contributed by atoms with E-state index in [4.69, 9.17) is 4.74 Å². The minimum absolute atomic E-state index is 0.0627. The largest absolute Gasteiger partial charge is 0.363 e. The van der Waals surface area contributed by atoms with Crippen molar-refractivity contribution in [1.29, 1.82) is 0 Å². The van der Waals surface area contributed by atoms with Crippen molar-refractivity contribution in [2.24, 2.45) is 0 Å². The summed E-state index contributed by atoms with van der Waals surface area (Å²) in [6.45, 7) is 7.75.